The zero-order valence-electron chi connectivity index (χ0n) is 15.6. The third-order valence-electron chi connectivity index (χ3n) is 3.67. The first-order valence-corrected chi connectivity index (χ1v) is 9.33. The van der Waals surface area contributed by atoms with E-state index in [-0.39, 0.29) is 12.2 Å². The zero-order chi connectivity index (χ0) is 19.3. The van der Waals surface area contributed by atoms with E-state index in [1.54, 1.807) is 26.8 Å². The molecule has 5 nitrogen and oxygen atoms in total. The minimum absolute atomic E-state index is 0.0119. The molecule has 0 amide bonds. The van der Waals surface area contributed by atoms with E-state index in [4.69, 9.17) is 4.74 Å². The van der Waals surface area contributed by atoms with Gasteiger partial charge in [-0.15, -0.1) is 11.3 Å². The second-order valence-corrected chi connectivity index (χ2v) is 7.96. The summed E-state index contributed by atoms with van der Waals surface area (Å²) in [6, 6.07) is 9.97. The number of carbonyl (C=O) groups excluding carboxylic acids is 1. The molecule has 0 atom stereocenters. The van der Waals surface area contributed by atoms with Crippen molar-refractivity contribution < 1.29 is 14.6 Å². The van der Waals surface area contributed by atoms with Crippen molar-refractivity contribution >= 4 is 39.2 Å². The summed E-state index contributed by atoms with van der Waals surface area (Å²) in [5.74, 6) is -0.613. The number of nitrogens with zero attached hydrogens (tertiary/aromatic N) is 2. The molecule has 0 aliphatic rings. The Balaban J connectivity index is 2.33. The van der Waals surface area contributed by atoms with Gasteiger partial charge >= 0.3 is 5.97 Å². The number of fused-ring (bicyclic) bond motifs is 1. The third-order valence-corrected chi connectivity index (χ3v) is 4.71. The first-order chi connectivity index (χ1) is 12.3. The number of aliphatic hydroxyl groups is 1. The van der Waals surface area contributed by atoms with Crippen LogP contribution in [0.5, 0.6) is 0 Å². The summed E-state index contributed by atoms with van der Waals surface area (Å²) >= 11 is 1.51. The third kappa shape index (κ3) is 5.07. The molecule has 0 saturated carbocycles. The Morgan fingerprint density at radius 1 is 1.38 bits per heavy atom. The molecule has 1 heterocycles. The van der Waals surface area contributed by atoms with Gasteiger partial charge in [0.05, 0.1) is 6.61 Å². The van der Waals surface area contributed by atoms with Crippen LogP contribution >= 0.6 is 11.3 Å². The smallest absolute Gasteiger partial charge is 0.349 e. The van der Waals surface area contributed by atoms with Gasteiger partial charge in [0, 0.05) is 28.4 Å². The van der Waals surface area contributed by atoms with Crippen LogP contribution in [0, 0.1) is 11.3 Å². The number of thiophene rings is 1. The van der Waals surface area contributed by atoms with Crippen LogP contribution in [0.2, 0.25) is 0 Å². The number of likely N-dealkylation sites (N-methyl/N-ethyl adjacent to an activating group) is 1. The van der Waals surface area contributed by atoms with Gasteiger partial charge in [-0.3, -0.25) is 0 Å². The number of ether oxygens (including phenoxy) is 1. The Bertz CT molecular complexity index is 856. The Morgan fingerprint density at radius 3 is 2.69 bits per heavy atom. The lowest BCUT2D eigenvalue weighted by Gasteiger charge is -2.21. The molecule has 1 aromatic carbocycles. The molecule has 0 aliphatic heterocycles. The van der Waals surface area contributed by atoms with Crippen molar-refractivity contribution in [2.75, 3.05) is 24.6 Å². The number of nitriles is 1. The largest absolute Gasteiger partial charge is 0.456 e. The highest BCUT2D eigenvalue weighted by Crippen LogP contribution is 2.31. The van der Waals surface area contributed by atoms with Gasteiger partial charge in [0.25, 0.3) is 0 Å². The molecule has 6 heteroatoms. The standard InChI is InChI=1S/C20H24N2O3S/c1-5-22(8-9-23)16-7-6-14-10-17(26-18(14)12-16)11-15(13-21)19(24)25-20(2,3)4/h6-7,10-12,23H,5,8-9H2,1-4H3/b15-11+. The molecule has 0 spiro atoms. The number of esters is 1. The highest BCUT2D eigenvalue weighted by atomic mass is 32.1. The first-order valence-electron chi connectivity index (χ1n) is 8.52. The molecule has 0 saturated heterocycles. The van der Waals surface area contributed by atoms with E-state index in [1.165, 1.54) is 11.3 Å². The van der Waals surface area contributed by atoms with Crippen molar-refractivity contribution in [1.29, 1.82) is 5.26 Å². The molecule has 0 radical (unpaired) electrons. The Morgan fingerprint density at radius 2 is 2.12 bits per heavy atom. The first kappa shape index (κ1) is 20.0. The fourth-order valence-corrected chi connectivity index (χ4v) is 3.55. The van der Waals surface area contributed by atoms with Crippen molar-refractivity contribution in [3.63, 3.8) is 0 Å². The maximum Gasteiger partial charge on any atom is 0.349 e. The van der Waals surface area contributed by atoms with E-state index in [0.717, 1.165) is 27.2 Å². The molecule has 2 aromatic rings. The van der Waals surface area contributed by atoms with Crippen LogP contribution in [0.4, 0.5) is 5.69 Å². The van der Waals surface area contributed by atoms with Crippen LogP contribution in [-0.4, -0.2) is 36.4 Å². The molecule has 0 unspecified atom stereocenters. The van der Waals surface area contributed by atoms with Gasteiger partial charge in [0.1, 0.15) is 17.2 Å². The lowest BCUT2D eigenvalue weighted by molar-refractivity contribution is -0.149. The molecule has 1 N–H and O–H groups in total. The molecule has 0 fully saturated rings. The monoisotopic (exact) mass is 372 g/mol. The summed E-state index contributed by atoms with van der Waals surface area (Å²) in [6.45, 7) is 8.85. The number of benzene rings is 1. The summed E-state index contributed by atoms with van der Waals surface area (Å²) < 4.78 is 6.34. The molecule has 0 bridgehead atoms. The van der Waals surface area contributed by atoms with Crippen molar-refractivity contribution in [2.45, 2.75) is 33.3 Å². The zero-order valence-corrected chi connectivity index (χ0v) is 16.4. The second-order valence-electron chi connectivity index (χ2n) is 6.85. The number of anilines is 1. The van der Waals surface area contributed by atoms with Gasteiger partial charge in [-0.2, -0.15) is 5.26 Å². The van der Waals surface area contributed by atoms with Crippen LogP contribution in [0.15, 0.2) is 29.8 Å². The van der Waals surface area contributed by atoms with Gasteiger partial charge in [-0.25, -0.2) is 4.79 Å². The maximum absolute atomic E-state index is 12.1. The van der Waals surface area contributed by atoms with E-state index in [2.05, 4.69) is 11.0 Å². The highest BCUT2D eigenvalue weighted by molar-refractivity contribution is 7.19. The van der Waals surface area contributed by atoms with Crippen molar-refractivity contribution in [2.24, 2.45) is 0 Å². The van der Waals surface area contributed by atoms with Crippen molar-refractivity contribution in [1.82, 2.24) is 0 Å². The molecule has 2 rings (SSSR count). The van der Waals surface area contributed by atoms with Crippen LogP contribution < -0.4 is 4.90 Å². The lowest BCUT2D eigenvalue weighted by atomic mass is 10.1. The van der Waals surface area contributed by atoms with E-state index in [1.807, 2.05) is 31.2 Å². The molecule has 0 aliphatic carbocycles. The van der Waals surface area contributed by atoms with Crippen molar-refractivity contribution in [3.8, 4) is 6.07 Å². The van der Waals surface area contributed by atoms with Gasteiger partial charge in [-0.1, -0.05) is 6.07 Å². The predicted octanol–water partition coefficient (Wildman–Crippen LogP) is 3.97. The molecular formula is C20H24N2O3S. The molecular weight excluding hydrogens is 348 g/mol. The topological polar surface area (TPSA) is 73.6 Å². The summed E-state index contributed by atoms with van der Waals surface area (Å²) in [6.07, 6.45) is 1.57. The van der Waals surface area contributed by atoms with E-state index in [9.17, 15) is 15.2 Å². The molecule has 26 heavy (non-hydrogen) atoms. The molecule has 1 aromatic heterocycles. The minimum atomic E-state index is -0.640. The van der Waals surface area contributed by atoms with Crippen LogP contribution in [0.3, 0.4) is 0 Å². The Hall–Kier alpha value is -2.36. The van der Waals surface area contributed by atoms with Gasteiger partial charge < -0.3 is 14.7 Å². The number of carbonyl (C=O) groups is 1. The summed E-state index contributed by atoms with van der Waals surface area (Å²) in [5.41, 5.74) is 0.388. The Kier molecular flexibility index (Phi) is 6.41. The van der Waals surface area contributed by atoms with E-state index in [0.29, 0.717) is 6.54 Å². The SMILES string of the molecule is CCN(CCO)c1ccc2cc(/C=C(\C#N)C(=O)OC(C)(C)C)sc2c1. The fraction of sp³-hybridized carbons (Fsp3) is 0.400. The number of rotatable bonds is 6. The predicted molar refractivity (Wildman–Crippen MR) is 106 cm³/mol. The minimum Gasteiger partial charge on any atom is -0.456 e. The van der Waals surface area contributed by atoms with Crippen LogP contribution in [0.25, 0.3) is 16.2 Å². The average Bonchev–Trinajstić information content (AvgIpc) is 2.97. The maximum atomic E-state index is 12.1. The van der Waals surface area contributed by atoms with Gasteiger partial charge in [-0.05, 0) is 57.4 Å². The van der Waals surface area contributed by atoms with Crippen LogP contribution in [0.1, 0.15) is 32.6 Å². The van der Waals surface area contributed by atoms with Crippen LogP contribution in [-0.2, 0) is 9.53 Å². The quantitative estimate of drug-likeness (QED) is 0.472. The van der Waals surface area contributed by atoms with Crippen molar-refractivity contribution in [3.05, 3.63) is 34.7 Å². The fourth-order valence-electron chi connectivity index (χ4n) is 2.51. The summed E-state index contributed by atoms with van der Waals surface area (Å²) in [7, 11) is 0. The normalized spacial score (nSPS) is 12.1. The summed E-state index contributed by atoms with van der Waals surface area (Å²) in [5, 5.41) is 19.5. The lowest BCUT2D eigenvalue weighted by Crippen LogP contribution is -2.25. The number of aliphatic hydroxyl groups excluding tert-OH is 1. The molecule has 138 valence electrons. The van der Waals surface area contributed by atoms with E-state index >= 15 is 0 Å². The van der Waals surface area contributed by atoms with E-state index < -0.39 is 11.6 Å². The number of hydrogen-bond acceptors (Lipinski definition) is 6. The summed E-state index contributed by atoms with van der Waals surface area (Å²) in [4.78, 5) is 15.0. The average molecular weight is 372 g/mol. The van der Waals surface area contributed by atoms with Gasteiger partial charge in [0.15, 0.2) is 0 Å². The highest BCUT2D eigenvalue weighted by Gasteiger charge is 2.20. The second kappa shape index (κ2) is 8.35. The number of hydrogen-bond donors (Lipinski definition) is 1. The Labute approximate surface area is 158 Å². The van der Waals surface area contributed by atoms with Gasteiger partial charge in [0.2, 0.25) is 0 Å².